The van der Waals surface area contributed by atoms with E-state index < -0.39 is 17.9 Å². The smallest absolute Gasteiger partial charge is 0.334 e. The zero-order valence-corrected chi connectivity index (χ0v) is 11.0. The highest BCUT2D eigenvalue weighted by Gasteiger charge is 2.27. The molecule has 98 valence electrons. The minimum atomic E-state index is -1.02. The van der Waals surface area contributed by atoms with Crippen LogP contribution in [0.15, 0.2) is 12.2 Å². The molecule has 0 aliphatic heterocycles. The minimum Gasteiger partial charge on any atom is -0.481 e. The molecule has 0 aliphatic rings. The summed E-state index contributed by atoms with van der Waals surface area (Å²) in [5.41, 5.74) is 0.0341. The zero-order valence-electron chi connectivity index (χ0n) is 11.0. The van der Waals surface area contributed by atoms with Crippen LogP contribution in [0.3, 0.4) is 0 Å². The van der Waals surface area contributed by atoms with Crippen molar-refractivity contribution in [1.29, 1.82) is 0 Å². The molecule has 0 rings (SSSR count). The van der Waals surface area contributed by atoms with Gasteiger partial charge in [0.2, 0.25) is 0 Å². The van der Waals surface area contributed by atoms with Gasteiger partial charge in [0.1, 0.15) is 0 Å². The Labute approximate surface area is 103 Å². The Morgan fingerprint density at radius 1 is 1.18 bits per heavy atom. The first-order valence-corrected chi connectivity index (χ1v) is 5.84. The Morgan fingerprint density at radius 2 is 1.71 bits per heavy atom. The van der Waals surface area contributed by atoms with Crippen LogP contribution in [-0.4, -0.2) is 23.7 Å². The summed E-state index contributed by atoms with van der Waals surface area (Å²) in [6.07, 6.45) is 0.394. The normalized spacial score (nSPS) is 12.6. The van der Waals surface area contributed by atoms with Crippen LogP contribution in [0.2, 0.25) is 0 Å². The average Bonchev–Trinajstić information content (AvgIpc) is 2.20. The molecule has 4 heteroatoms. The third-order valence-corrected chi connectivity index (χ3v) is 2.24. The number of carbonyl (C=O) groups excluding carboxylic acids is 1. The topological polar surface area (TPSA) is 63.6 Å². The molecule has 0 aliphatic carbocycles. The van der Waals surface area contributed by atoms with Gasteiger partial charge >= 0.3 is 11.9 Å². The van der Waals surface area contributed by atoms with Gasteiger partial charge in [0, 0.05) is 5.57 Å². The van der Waals surface area contributed by atoms with Crippen molar-refractivity contribution in [3.05, 3.63) is 12.2 Å². The van der Waals surface area contributed by atoms with Crippen LogP contribution >= 0.6 is 0 Å². The minimum absolute atomic E-state index is 0.0341. The summed E-state index contributed by atoms with van der Waals surface area (Å²) in [4.78, 5) is 22.6. The number of carbonyl (C=O) groups is 2. The second kappa shape index (κ2) is 7.09. The first-order chi connectivity index (χ1) is 7.75. The van der Waals surface area contributed by atoms with Crippen LogP contribution in [0.4, 0.5) is 0 Å². The van der Waals surface area contributed by atoms with Crippen LogP contribution < -0.4 is 0 Å². The van der Waals surface area contributed by atoms with Crippen LogP contribution in [0.1, 0.15) is 34.1 Å². The molecule has 0 bridgehead atoms. The molecule has 0 amide bonds. The summed E-state index contributed by atoms with van der Waals surface area (Å²) >= 11 is 0. The fraction of sp³-hybridized carbons (Fsp3) is 0.692. The van der Waals surface area contributed by atoms with Crippen molar-refractivity contribution in [1.82, 2.24) is 0 Å². The van der Waals surface area contributed by atoms with Gasteiger partial charge in [-0.05, 0) is 18.3 Å². The van der Waals surface area contributed by atoms with E-state index in [0.717, 1.165) is 0 Å². The lowest BCUT2D eigenvalue weighted by atomic mass is 9.91. The quantitative estimate of drug-likeness (QED) is 0.550. The van der Waals surface area contributed by atoms with Gasteiger partial charge in [-0.25, -0.2) is 4.79 Å². The second-order valence-electron chi connectivity index (χ2n) is 5.04. The molecule has 0 saturated heterocycles. The molecule has 4 nitrogen and oxygen atoms in total. The third kappa shape index (κ3) is 6.09. The number of esters is 1. The van der Waals surface area contributed by atoms with Crippen LogP contribution in [0, 0.1) is 17.8 Å². The Kier molecular flexibility index (Phi) is 6.54. The summed E-state index contributed by atoms with van der Waals surface area (Å²) < 4.78 is 4.98. The molecule has 1 N–H and O–H groups in total. The fourth-order valence-corrected chi connectivity index (χ4v) is 1.34. The monoisotopic (exact) mass is 242 g/mol. The van der Waals surface area contributed by atoms with Gasteiger partial charge in [-0.2, -0.15) is 0 Å². The van der Waals surface area contributed by atoms with Gasteiger partial charge in [-0.15, -0.1) is 0 Å². The maximum Gasteiger partial charge on any atom is 0.334 e. The number of aliphatic carboxylic acids is 1. The summed E-state index contributed by atoms with van der Waals surface area (Å²) in [5.74, 6) is -2.07. The molecule has 0 saturated carbocycles. The summed E-state index contributed by atoms with van der Waals surface area (Å²) in [6.45, 7) is 11.5. The largest absolute Gasteiger partial charge is 0.481 e. The van der Waals surface area contributed by atoms with E-state index >= 15 is 0 Å². The van der Waals surface area contributed by atoms with Gasteiger partial charge < -0.3 is 9.84 Å². The molecule has 0 heterocycles. The molecular formula is C13H22O4. The van der Waals surface area contributed by atoms with Crippen molar-refractivity contribution < 1.29 is 19.4 Å². The van der Waals surface area contributed by atoms with Gasteiger partial charge in [-0.3, -0.25) is 4.79 Å². The average molecular weight is 242 g/mol. The summed E-state index contributed by atoms with van der Waals surface area (Å²) in [6, 6.07) is 0. The van der Waals surface area contributed by atoms with E-state index in [9.17, 15) is 9.59 Å². The Hall–Kier alpha value is -1.32. The maximum atomic E-state index is 11.6. The number of hydrogen-bond acceptors (Lipinski definition) is 3. The van der Waals surface area contributed by atoms with E-state index in [1.807, 2.05) is 27.7 Å². The van der Waals surface area contributed by atoms with Crippen LogP contribution in [0.5, 0.6) is 0 Å². The highest BCUT2D eigenvalue weighted by atomic mass is 16.5. The van der Waals surface area contributed by atoms with E-state index in [-0.39, 0.29) is 24.0 Å². The molecular weight excluding hydrogens is 220 g/mol. The highest BCUT2D eigenvalue weighted by molar-refractivity contribution is 5.94. The number of carboxylic acid groups (broad SMARTS) is 1. The fourth-order valence-electron chi connectivity index (χ4n) is 1.34. The maximum absolute atomic E-state index is 11.6. The second-order valence-corrected chi connectivity index (χ2v) is 5.04. The number of rotatable bonds is 7. The molecule has 0 radical (unpaired) electrons. The van der Waals surface area contributed by atoms with Crippen molar-refractivity contribution in [3.8, 4) is 0 Å². The molecule has 0 fully saturated rings. The van der Waals surface area contributed by atoms with E-state index in [2.05, 4.69) is 6.58 Å². The number of hydrogen-bond donors (Lipinski definition) is 1. The van der Waals surface area contributed by atoms with Crippen molar-refractivity contribution in [2.45, 2.75) is 34.1 Å². The van der Waals surface area contributed by atoms with Crippen molar-refractivity contribution >= 4 is 11.9 Å². The van der Waals surface area contributed by atoms with E-state index in [4.69, 9.17) is 9.84 Å². The SMILES string of the molecule is C=C(C(=O)OCC(C)C)C(CC(C)C)C(=O)O. The third-order valence-electron chi connectivity index (χ3n) is 2.24. The Balaban J connectivity index is 4.50. The van der Waals surface area contributed by atoms with Gasteiger partial charge in [0.05, 0.1) is 12.5 Å². The van der Waals surface area contributed by atoms with Crippen LogP contribution in [-0.2, 0) is 14.3 Å². The molecule has 17 heavy (non-hydrogen) atoms. The highest BCUT2D eigenvalue weighted by Crippen LogP contribution is 2.20. The van der Waals surface area contributed by atoms with Crippen molar-refractivity contribution in [2.75, 3.05) is 6.61 Å². The van der Waals surface area contributed by atoms with Gasteiger partial charge in [0.25, 0.3) is 0 Å². The van der Waals surface area contributed by atoms with Gasteiger partial charge in [-0.1, -0.05) is 34.3 Å². The van der Waals surface area contributed by atoms with Crippen molar-refractivity contribution in [2.24, 2.45) is 17.8 Å². The van der Waals surface area contributed by atoms with Gasteiger partial charge in [0.15, 0.2) is 0 Å². The predicted octanol–water partition coefficient (Wildman–Crippen LogP) is 2.49. The van der Waals surface area contributed by atoms with E-state index in [0.29, 0.717) is 6.42 Å². The summed E-state index contributed by atoms with van der Waals surface area (Å²) in [7, 11) is 0. The number of ether oxygens (including phenoxy) is 1. The molecule has 0 spiro atoms. The Morgan fingerprint density at radius 3 is 2.06 bits per heavy atom. The predicted molar refractivity (Wildman–Crippen MR) is 65.5 cm³/mol. The molecule has 0 aromatic rings. The molecule has 0 aromatic heterocycles. The Bertz CT molecular complexity index is 292. The van der Waals surface area contributed by atoms with E-state index in [1.165, 1.54) is 0 Å². The first kappa shape index (κ1) is 15.7. The summed E-state index contributed by atoms with van der Waals surface area (Å²) in [5, 5.41) is 9.05. The molecule has 0 aromatic carbocycles. The number of carboxylic acids is 1. The molecule has 1 atom stereocenters. The van der Waals surface area contributed by atoms with Crippen molar-refractivity contribution in [3.63, 3.8) is 0 Å². The van der Waals surface area contributed by atoms with Crippen LogP contribution in [0.25, 0.3) is 0 Å². The lowest BCUT2D eigenvalue weighted by molar-refractivity contribution is -0.147. The standard InChI is InChI=1S/C13H22O4/c1-8(2)6-11(12(14)15)10(5)13(16)17-7-9(3)4/h8-9,11H,5-7H2,1-4H3,(H,14,15). The molecule has 1 unspecified atom stereocenters. The van der Waals surface area contributed by atoms with E-state index in [1.54, 1.807) is 0 Å². The lowest BCUT2D eigenvalue weighted by Crippen LogP contribution is -2.24. The lowest BCUT2D eigenvalue weighted by Gasteiger charge is -2.17. The first-order valence-electron chi connectivity index (χ1n) is 5.84. The zero-order chi connectivity index (χ0) is 13.6.